The third-order valence-electron chi connectivity index (χ3n) is 3.86. The first-order valence-electron chi connectivity index (χ1n) is 7.51. The zero-order valence-corrected chi connectivity index (χ0v) is 14.1. The molecule has 0 spiro atoms. The molecule has 7 heteroatoms. The summed E-state index contributed by atoms with van der Waals surface area (Å²) in [4.78, 5) is 4.44. The summed E-state index contributed by atoms with van der Waals surface area (Å²) in [6.45, 7) is 1.72. The zero-order chi connectivity index (χ0) is 16.3. The van der Waals surface area contributed by atoms with E-state index in [2.05, 4.69) is 10.3 Å². The molecular weight excluding hydrogens is 334 g/mol. The highest BCUT2D eigenvalue weighted by Gasteiger charge is 2.27. The summed E-state index contributed by atoms with van der Waals surface area (Å²) in [5.74, 6) is 0.616. The van der Waals surface area contributed by atoms with E-state index in [1.807, 2.05) is 24.3 Å². The topological polar surface area (TPSA) is 62.3 Å². The third-order valence-corrected chi connectivity index (χ3v) is 6.11. The van der Waals surface area contributed by atoms with Gasteiger partial charge in [0.1, 0.15) is 10.7 Å². The number of benzene rings is 1. The van der Waals surface area contributed by atoms with Crippen LogP contribution in [0.3, 0.4) is 0 Å². The number of nitrogens with one attached hydrogen (secondary N) is 1. The molecule has 0 bridgehead atoms. The molecule has 122 valence electrons. The summed E-state index contributed by atoms with van der Waals surface area (Å²) in [6, 6.07) is 10.8. The molecule has 3 rings (SSSR count). The van der Waals surface area contributed by atoms with Gasteiger partial charge in [0.05, 0.1) is 0 Å². The normalized spacial score (nSPS) is 15.7. The van der Waals surface area contributed by atoms with Gasteiger partial charge >= 0.3 is 0 Å². The monoisotopic (exact) mass is 351 g/mol. The lowest BCUT2D eigenvalue weighted by atomic mass is 10.2. The Bertz CT molecular complexity index is 772. The van der Waals surface area contributed by atoms with E-state index in [9.17, 15) is 8.42 Å². The molecular formula is C16H18ClN3O2S. The molecule has 0 aliphatic carbocycles. The molecule has 0 saturated carbocycles. The Labute approximate surface area is 141 Å². The van der Waals surface area contributed by atoms with Gasteiger partial charge in [0.2, 0.25) is 10.0 Å². The fourth-order valence-electron chi connectivity index (χ4n) is 2.54. The second-order valence-corrected chi connectivity index (χ2v) is 7.78. The number of hydrogen-bond acceptors (Lipinski definition) is 4. The second-order valence-electron chi connectivity index (χ2n) is 5.44. The quantitative estimate of drug-likeness (QED) is 0.899. The average Bonchev–Trinajstić information content (AvgIpc) is 3.10. The van der Waals surface area contributed by atoms with Crippen molar-refractivity contribution in [2.45, 2.75) is 24.3 Å². The fourth-order valence-corrected chi connectivity index (χ4v) is 4.21. The molecule has 0 atom stereocenters. The van der Waals surface area contributed by atoms with E-state index in [0.29, 0.717) is 30.5 Å². The number of rotatable bonds is 5. The lowest BCUT2D eigenvalue weighted by molar-refractivity contribution is 0.477. The van der Waals surface area contributed by atoms with Crippen molar-refractivity contribution >= 4 is 27.4 Å². The van der Waals surface area contributed by atoms with Gasteiger partial charge in [-0.05, 0) is 36.6 Å². The van der Waals surface area contributed by atoms with Crippen molar-refractivity contribution in [1.82, 2.24) is 9.29 Å². The Balaban J connectivity index is 1.69. The van der Waals surface area contributed by atoms with E-state index in [1.54, 1.807) is 12.1 Å². The minimum atomic E-state index is -3.41. The van der Waals surface area contributed by atoms with Gasteiger partial charge in [-0.1, -0.05) is 29.8 Å². The molecule has 5 nitrogen and oxygen atoms in total. The van der Waals surface area contributed by atoms with Gasteiger partial charge in [0.25, 0.3) is 0 Å². The largest absolute Gasteiger partial charge is 0.366 e. The van der Waals surface area contributed by atoms with Crippen molar-refractivity contribution in [1.29, 1.82) is 0 Å². The van der Waals surface area contributed by atoms with Crippen LogP contribution < -0.4 is 5.32 Å². The van der Waals surface area contributed by atoms with Crippen LogP contribution in [0.25, 0.3) is 0 Å². The van der Waals surface area contributed by atoms with Crippen LogP contribution in [0.1, 0.15) is 18.4 Å². The van der Waals surface area contributed by atoms with E-state index in [1.165, 1.54) is 10.5 Å². The summed E-state index contributed by atoms with van der Waals surface area (Å²) in [5.41, 5.74) is 0.963. The first-order valence-corrected chi connectivity index (χ1v) is 9.33. The Morgan fingerprint density at radius 2 is 1.87 bits per heavy atom. The molecule has 2 heterocycles. The molecule has 0 unspecified atom stereocenters. The molecule has 1 aromatic heterocycles. The van der Waals surface area contributed by atoms with Gasteiger partial charge in [-0.2, -0.15) is 4.31 Å². The minimum absolute atomic E-state index is 0.239. The highest BCUT2D eigenvalue weighted by atomic mass is 35.5. The summed E-state index contributed by atoms with van der Waals surface area (Å²) < 4.78 is 26.4. The summed E-state index contributed by atoms with van der Waals surface area (Å²) in [7, 11) is -3.41. The van der Waals surface area contributed by atoms with Crippen molar-refractivity contribution in [3.63, 3.8) is 0 Å². The zero-order valence-electron chi connectivity index (χ0n) is 12.6. The van der Waals surface area contributed by atoms with Crippen molar-refractivity contribution in [3.05, 3.63) is 53.2 Å². The van der Waals surface area contributed by atoms with Crippen LogP contribution in [0.4, 0.5) is 5.82 Å². The van der Waals surface area contributed by atoms with Gasteiger partial charge in [-0.15, -0.1) is 0 Å². The number of sulfonamides is 1. The lowest BCUT2D eigenvalue weighted by Gasteiger charge is -2.15. The number of halogens is 1. The molecule has 1 aromatic carbocycles. The predicted octanol–water partition coefficient (Wildman–Crippen LogP) is 3.13. The van der Waals surface area contributed by atoms with Crippen molar-refractivity contribution < 1.29 is 8.42 Å². The number of anilines is 1. The maximum Gasteiger partial charge on any atom is 0.244 e. The molecule has 1 N–H and O–H groups in total. The van der Waals surface area contributed by atoms with Gasteiger partial charge < -0.3 is 5.32 Å². The van der Waals surface area contributed by atoms with E-state index >= 15 is 0 Å². The smallest absolute Gasteiger partial charge is 0.244 e. The fraction of sp³-hybridized carbons (Fsp3) is 0.312. The molecule has 0 radical (unpaired) electrons. The number of nitrogens with zero attached hydrogens (tertiary/aromatic N) is 2. The second kappa shape index (κ2) is 6.86. The van der Waals surface area contributed by atoms with E-state index in [0.717, 1.165) is 18.4 Å². The van der Waals surface area contributed by atoms with Crippen LogP contribution in [0.15, 0.2) is 47.5 Å². The molecule has 0 amide bonds. The molecule has 1 fully saturated rings. The first kappa shape index (κ1) is 16.2. The highest BCUT2D eigenvalue weighted by Crippen LogP contribution is 2.21. The summed E-state index contributed by atoms with van der Waals surface area (Å²) in [5, 5.41) is 3.83. The first-order chi connectivity index (χ1) is 11.1. The predicted molar refractivity (Wildman–Crippen MR) is 91.0 cm³/mol. The van der Waals surface area contributed by atoms with Gasteiger partial charge in [-0.25, -0.2) is 13.4 Å². The van der Waals surface area contributed by atoms with Gasteiger partial charge in [0.15, 0.2) is 0 Å². The van der Waals surface area contributed by atoms with Crippen LogP contribution in [0, 0.1) is 0 Å². The minimum Gasteiger partial charge on any atom is -0.366 e. The highest BCUT2D eigenvalue weighted by molar-refractivity contribution is 7.89. The van der Waals surface area contributed by atoms with Crippen LogP contribution >= 0.6 is 11.6 Å². The Hall–Kier alpha value is -1.63. The van der Waals surface area contributed by atoms with E-state index < -0.39 is 10.0 Å². The number of hydrogen-bond donors (Lipinski definition) is 1. The van der Waals surface area contributed by atoms with Crippen LogP contribution in [0.5, 0.6) is 0 Å². The van der Waals surface area contributed by atoms with Gasteiger partial charge in [0, 0.05) is 30.9 Å². The van der Waals surface area contributed by atoms with Crippen LogP contribution in [-0.2, 0) is 16.6 Å². The molecule has 23 heavy (non-hydrogen) atoms. The van der Waals surface area contributed by atoms with Crippen molar-refractivity contribution in [2.24, 2.45) is 0 Å². The number of pyridine rings is 1. The summed E-state index contributed by atoms with van der Waals surface area (Å²) >= 11 is 6.10. The third kappa shape index (κ3) is 3.65. The van der Waals surface area contributed by atoms with Crippen LogP contribution in [0.2, 0.25) is 5.02 Å². The molecule has 1 aliphatic heterocycles. The Morgan fingerprint density at radius 1 is 1.13 bits per heavy atom. The Kier molecular flexibility index (Phi) is 4.84. The van der Waals surface area contributed by atoms with Crippen molar-refractivity contribution in [2.75, 3.05) is 18.4 Å². The molecule has 2 aromatic rings. The van der Waals surface area contributed by atoms with Crippen molar-refractivity contribution in [3.8, 4) is 0 Å². The van der Waals surface area contributed by atoms with Crippen LogP contribution in [-0.4, -0.2) is 30.8 Å². The van der Waals surface area contributed by atoms with E-state index in [-0.39, 0.29) is 4.90 Å². The Morgan fingerprint density at radius 3 is 2.52 bits per heavy atom. The SMILES string of the molecule is O=S(=O)(c1ccc(NCc2ccccc2Cl)nc1)N1CCCC1. The average molecular weight is 352 g/mol. The molecule has 1 saturated heterocycles. The maximum atomic E-state index is 12.4. The van der Waals surface area contributed by atoms with E-state index in [4.69, 9.17) is 11.6 Å². The molecule has 1 aliphatic rings. The van der Waals surface area contributed by atoms with Gasteiger partial charge in [-0.3, -0.25) is 0 Å². The maximum absolute atomic E-state index is 12.4. The number of aromatic nitrogens is 1. The summed E-state index contributed by atoms with van der Waals surface area (Å²) in [6.07, 6.45) is 3.25. The standard InChI is InChI=1S/C16H18ClN3O2S/c17-15-6-2-1-5-13(15)11-18-16-8-7-14(12-19-16)23(21,22)20-9-3-4-10-20/h1-2,5-8,12H,3-4,9-11H2,(H,18,19). The lowest BCUT2D eigenvalue weighted by Crippen LogP contribution is -2.27.